The Bertz CT molecular complexity index is 481. The third kappa shape index (κ3) is 2.04. The van der Waals surface area contributed by atoms with Crippen LogP contribution in [0.3, 0.4) is 0 Å². The summed E-state index contributed by atoms with van der Waals surface area (Å²) in [6.07, 6.45) is 0. The van der Waals surface area contributed by atoms with Crippen LogP contribution in [-0.4, -0.2) is 0 Å². The molecule has 2 aromatic rings. The molecule has 4 heteroatoms. The number of hydrogen-bond donors (Lipinski definition) is 1. The summed E-state index contributed by atoms with van der Waals surface area (Å²) in [6.45, 7) is 0.213. The lowest BCUT2D eigenvalue weighted by atomic mass is 10.1. The molecule has 1 nitrogen and oxygen atoms in total. The van der Waals surface area contributed by atoms with E-state index in [2.05, 4.69) is 0 Å². The van der Waals surface area contributed by atoms with E-state index < -0.39 is 0 Å². The van der Waals surface area contributed by atoms with Crippen molar-refractivity contribution in [2.75, 3.05) is 0 Å². The molecule has 0 radical (unpaired) electrons. The van der Waals surface area contributed by atoms with Gasteiger partial charge in [-0.05, 0) is 23.1 Å². The van der Waals surface area contributed by atoms with Gasteiger partial charge in [-0.15, -0.1) is 11.3 Å². The fourth-order valence-electron chi connectivity index (χ4n) is 1.35. The Balaban J connectivity index is 2.47. The van der Waals surface area contributed by atoms with Crippen LogP contribution >= 0.6 is 22.9 Å². The lowest BCUT2D eigenvalue weighted by Crippen LogP contribution is -1.99. The van der Waals surface area contributed by atoms with E-state index in [9.17, 15) is 4.39 Å². The van der Waals surface area contributed by atoms with Crippen LogP contribution in [0, 0.1) is 5.82 Å². The second-order valence-electron chi connectivity index (χ2n) is 3.11. The SMILES string of the molecule is NCc1ccc(-c2sccc2Cl)cc1F. The van der Waals surface area contributed by atoms with Gasteiger partial charge < -0.3 is 5.73 Å². The fourth-order valence-corrected chi connectivity index (χ4v) is 2.52. The summed E-state index contributed by atoms with van der Waals surface area (Å²) in [7, 11) is 0. The molecular weight excluding hydrogens is 233 g/mol. The molecule has 0 unspecified atom stereocenters. The summed E-state index contributed by atoms with van der Waals surface area (Å²) >= 11 is 7.46. The third-order valence-electron chi connectivity index (χ3n) is 2.15. The molecule has 0 spiro atoms. The molecule has 2 N–H and O–H groups in total. The van der Waals surface area contributed by atoms with E-state index in [1.54, 1.807) is 12.1 Å². The van der Waals surface area contributed by atoms with Crippen LogP contribution in [-0.2, 0) is 6.54 Å². The summed E-state index contributed by atoms with van der Waals surface area (Å²) in [6, 6.07) is 6.81. The Morgan fingerprint density at radius 1 is 1.33 bits per heavy atom. The zero-order chi connectivity index (χ0) is 10.8. The number of halogens is 2. The van der Waals surface area contributed by atoms with Crippen molar-refractivity contribution in [3.05, 3.63) is 46.0 Å². The molecule has 0 bridgehead atoms. The Morgan fingerprint density at radius 3 is 2.67 bits per heavy atom. The van der Waals surface area contributed by atoms with E-state index in [0.717, 1.165) is 10.4 Å². The molecule has 1 heterocycles. The molecule has 0 aliphatic carbocycles. The van der Waals surface area contributed by atoms with Crippen molar-refractivity contribution in [3.8, 4) is 10.4 Å². The Morgan fingerprint density at radius 2 is 2.13 bits per heavy atom. The van der Waals surface area contributed by atoms with Gasteiger partial charge in [-0.2, -0.15) is 0 Å². The van der Waals surface area contributed by atoms with Crippen LogP contribution < -0.4 is 5.73 Å². The van der Waals surface area contributed by atoms with Crippen LogP contribution in [0.15, 0.2) is 29.6 Å². The van der Waals surface area contributed by atoms with E-state index in [1.165, 1.54) is 17.4 Å². The van der Waals surface area contributed by atoms with Gasteiger partial charge in [-0.25, -0.2) is 4.39 Å². The van der Waals surface area contributed by atoms with Crippen molar-refractivity contribution in [1.29, 1.82) is 0 Å². The fraction of sp³-hybridized carbons (Fsp3) is 0.0909. The van der Waals surface area contributed by atoms with Crippen molar-refractivity contribution in [1.82, 2.24) is 0 Å². The summed E-state index contributed by atoms with van der Waals surface area (Å²) in [5.74, 6) is -0.278. The van der Waals surface area contributed by atoms with Gasteiger partial charge in [-0.3, -0.25) is 0 Å². The first kappa shape index (κ1) is 10.6. The van der Waals surface area contributed by atoms with Gasteiger partial charge in [0, 0.05) is 12.1 Å². The molecule has 1 aromatic carbocycles. The minimum absolute atomic E-state index is 0.213. The second-order valence-corrected chi connectivity index (χ2v) is 4.43. The maximum atomic E-state index is 13.5. The predicted molar refractivity (Wildman–Crippen MR) is 62.6 cm³/mol. The Hall–Kier alpha value is -0.900. The van der Waals surface area contributed by atoms with Crippen LogP contribution in [0.4, 0.5) is 4.39 Å². The number of benzene rings is 1. The standard InChI is InChI=1S/C11H9ClFNS/c12-9-3-4-15-11(9)7-1-2-8(6-14)10(13)5-7/h1-5H,6,14H2. The maximum Gasteiger partial charge on any atom is 0.128 e. The molecule has 15 heavy (non-hydrogen) atoms. The molecule has 0 saturated heterocycles. The Kier molecular flexibility index (Phi) is 3.05. The predicted octanol–water partition coefficient (Wildman–Crippen LogP) is 3.67. The van der Waals surface area contributed by atoms with Crippen LogP contribution in [0.25, 0.3) is 10.4 Å². The monoisotopic (exact) mass is 241 g/mol. The zero-order valence-corrected chi connectivity index (χ0v) is 9.41. The lowest BCUT2D eigenvalue weighted by molar-refractivity contribution is 0.611. The quantitative estimate of drug-likeness (QED) is 0.853. The van der Waals surface area contributed by atoms with Crippen LogP contribution in [0.1, 0.15) is 5.56 Å². The highest BCUT2D eigenvalue weighted by atomic mass is 35.5. The average molecular weight is 242 g/mol. The zero-order valence-electron chi connectivity index (χ0n) is 7.84. The first-order chi connectivity index (χ1) is 7.22. The van der Waals surface area contributed by atoms with Gasteiger partial charge in [0.25, 0.3) is 0 Å². The normalized spacial score (nSPS) is 10.6. The van der Waals surface area contributed by atoms with E-state index in [4.69, 9.17) is 17.3 Å². The van der Waals surface area contributed by atoms with E-state index in [0.29, 0.717) is 10.6 Å². The van der Waals surface area contributed by atoms with E-state index in [1.807, 2.05) is 11.4 Å². The molecule has 0 saturated carbocycles. The molecular formula is C11H9ClFNS. The second kappa shape index (κ2) is 4.31. The minimum Gasteiger partial charge on any atom is -0.326 e. The largest absolute Gasteiger partial charge is 0.326 e. The molecule has 78 valence electrons. The van der Waals surface area contributed by atoms with Crippen molar-refractivity contribution < 1.29 is 4.39 Å². The van der Waals surface area contributed by atoms with E-state index >= 15 is 0 Å². The van der Waals surface area contributed by atoms with Crippen LogP contribution in [0.5, 0.6) is 0 Å². The minimum atomic E-state index is -0.278. The molecule has 1 aromatic heterocycles. The van der Waals surface area contributed by atoms with Crippen molar-refractivity contribution >= 4 is 22.9 Å². The van der Waals surface area contributed by atoms with Gasteiger partial charge in [0.1, 0.15) is 5.82 Å². The average Bonchev–Trinajstić information content (AvgIpc) is 2.64. The molecule has 0 atom stereocenters. The Labute approximate surface area is 96.3 Å². The van der Waals surface area contributed by atoms with Crippen LogP contribution in [0.2, 0.25) is 5.02 Å². The van der Waals surface area contributed by atoms with Crippen molar-refractivity contribution in [3.63, 3.8) is 0 Å². The topological polar surface area (TPSA) is 26.0 Å². The number of thiophene rings is 1. The molecule has 0 amide bonds. The van der Waals surface area contributed by atoms with E-state index in [-0.39, 0.29) is 12.4 Å². The van der Waals surface area contributed by atoms with Gasteiger partial charge in [0.15, 0.2) is 0 Å². The highest BCUT2D eigenvalue weighted by molar-refractivity contribution is 7.14. The third-order valence-corrected chi connectivity index (χ3v) is 3.54. The number of hydrogen-bond acceptors (Lipinski definition) is 2. The van der Waals surface area contributed by atoms with Crippen molar-refractivity contribution in [2.24, 2.45) is 5.73 Å². The highest BCUT2D eigenvalue weighted by Crippen LogP contribution is 2.33. The van der Waals surface area contributed by atoms with Gasteiger partial charge in [-0.1, -0.05) is 23.7 Å². The smallest absolute Gasteiger partial charge is 0.128 e. The number of rotatable bonds is 2. The summed E-state index contributed by atoms with van der Waals surface area (Å²) in [5.41, 5.74) is 6.70. The summed E-state index contributed by atoms with van der Waals surface area (Å²) in [4.78, 5) is 0.888. The summed E-state index contributed by atoms with van der Waals surface area (Å²) in [5, 5.41) is 2.53. The molecule has 0 fully saturated rings. The van der Waals surface area contributed by atoms with Gasteiger partial charge in [0.2, 0.25) is 0 Å². The first-order valence-corrected chi connectivity index (χ1v) is 5.70. The molecule has 2 rings (SSSR count). The highest BCUT2D eigenvalue weighted by Gasteiger charge is 2.07. The van der Waals surface area contributed by atoms with Gasteiger partial charge >= 0.3 is 0 Å². The first-order valence-electron chi connectivity index (χ1n) is 4.44. The molecule has 0 aliphatic rings. The molecule has 0 aliphatic heterocycles. The van der Waals surface area contributed by atoms with Crippen molar-refractivity contribution in [2.45, 2.75) is 6.54 Å². The maximum absolute atomic E-state index is 13.5. The lowest BCUT2D eigenvalue weighted by Gasteiger charge is -2.03. The summed E-state index contributed by atoms with van der Waals surface area (Å²) < 4.78 is 13.5. The number of nitrogens with two attached hydrogens (primary N) is 1. The van der Waals surface area contributed by atoms with Gasteiger partial charge in [0.05, 0.1) is 9.90 Å².